The largest absolute Gasteiger partial charge is 0.378 e. The standard InChI is InChI=1S/C15H23FN2O/c1-2-19-14-6-8-18(9-7-14)15(11-17)12-4-3-5-13(16)10-12/h3-5,10,14-15H,2,6-9,11,17H2,1H3. The summed E-state index contributed by atoms with van der Waals surface area (Å²) in [5, 5.41) is 0. The average Bonchev–Trinajstić information content (AvgIpc) is 2.42. The zero-order chi connectivity index (χ0) is 13.7. The molecule has 1 aromatic rings. The summed E-state index contributed by atoms with van der Waals surface area (Å²) in [6.07, 6.45) is 2.42. The van der Waals surface area contributed by atoms with Crippen LogP contribution in [0, 0.1) is 5.82 Å². The second kappa shape index (κ2) is 6.98. The highest BCUT2D eigenvalue weighted by molar-refractivity contribution is 5.20. The molecular weight excluding hydrogens is 243 g/mol. The Morgan fingerprint density at radius 3 is 2.74 bits per heavy atom. The Morgan fingerprint density at radius 2 is 2.16 bits per heavy atom. The van der Waals surface area contributed by atoms with E-state index in [4.69, 9.17) is 10.5 Å². The number of likely N-dealkylation sites (tertiary alicyclic amines) is 1. The Bertz CT molecular complexity index is 391. The van der Waals surface area contributed by atoms with Crippen LogP contribution in [0.4, 0.5) is 4.39 Å². The van der Waals surface area contributed by atoms with E-state index >= 15 is 0 Å². The number of nitrogens with two attached hydrogens (primary N) is 1. The number of benzene rings is 1. The molecule has 1 heterocycles. The van der Waals surface area contributed by atoms with Crippen LogP contribution >= 0.6 is 0 Å². The maximum atomic E-state index is 13.3. The lowest BCUT2D eigenvalue weighted by atomic mass is 10.0. The number of hydrogen-bond donors (Lipinski definition) is 1. The average molecular weight is 266 g/mol. The molecule has 0 aromatic heterocycles. The van der Waals surface area contributed by atoms with Gasteiger partial charge in [-0.1, -0.05) is 12.1 Å². The van der Waals surface area contributed by atoms with Crippen molar-refractivity contribution < 1.29 is 9.13 Å². The summed E-state index contributed by atoms with van der Waals surface area (Å²) in [5.41, 5.74) is 6.85. The predicted molar refractivity (Wildman–Crippen MR) is 74.4 cm³/mol. The number of rotatable bonds is 5. The summed E-state index contributed by atoms with van der Waals surface area (Å²) in [6, 6.07) is 6.87. The third kappa shape index (κ3) is 3.75. The molecule has 19 heavy (non-hydrogen) atoms. The first kappa shape index (κ1) is 14.4. The summed E-state index contributed by atoms with van der Waals surface area (Å²) in [5.74, 6) is -0.194. The molecule has 0 radical (unpaired) electrons. The Hall–Kier alpha value is -0.970. The van der Waals surface area contributed by atoms with Gasteiger partial charge in [0.25, 0.3) is 0 Å². The molecule has 0 bridgehead atoms. The topological polar surface area (TPSA) is 38.5 Å². The van der Waals surface area contributed by atoms with Gasteiger partial charge in [-0.05, 0) is 37.5 Å². The molecule has 106 valence electrons. The van der Waals surface area contributed by atoms with Gasteiger partial charge >= 0.3 is 0 Å². The second-order valence-electron chi connectivity index (χ2n) is 5.00. The van der Waals surface area contributed by atoms with E-state index < -0.39 is 0 Å². The molecule has 2 N–H and O–H groups in total. The Kier molecular flexibility index (Phi) is 5.31. The fourth-order valence-corrected chi connectivity index (χ4v) is 2.80. The number of nitrogens with zero attached hydrogens (tertiary/aromatic N) is 1. The van der Waals surface area contributed by atoms with Gasteiger partial charge < -0.3 is 10.5 Å². The van der Waals surface area contributed by atoms with Crippen LogP contribution in [0.15, 0.2) is 24.3 Å². The molecule has 0 spiro atoms. The Morgan fingerprint density at radius 1 is 1.42 bits per heavy atom. The van der Waals surface area contributed by atoms with Crippen molar-refractivity contribution >= 4 is 0 Å². The third-order valence-electron chi connectivity index (χ3n) is 3.78. The van der Waals surface area contributed by atoms with Gasteiger partial charge in [-0.2, -0.15) is 0 Å². The molecule has 1 aliphatic rings. The van der Waals surface area contributed by atoms with Crippen molar-refractivity contribution in [2.24, 2.45) is 5.73 Å². The maximum Gasteiger partial charge on any atom is 0.123 e. The highest BCUT2D eigenvalue weighted by Gasteiger charge is 2.25. The van der Waals surface area contributed by atoms with E-state index in [2.05, 4.69) is 4.90 Å². The van der Waals surface area contributed by atoms with E-state index in [-0.39, 0.29) is 11.9 Å². The third-order valence-corrected chi connectivity index (χ3v) is 3.78. The van der Waals surface area contributed by atoms with Crippen LogP contribution < -0.4 is 5.73 Å². The SMILES string of the molecule is CCOC1CCN(C(CN)c2cccc(F)c2)CC1. The van der Waals surface area contributed by atoms with E-state index in [0.29, 0.717) is 12.6 Å². The van der Waals surface area contributed by atoms with Crippen molar-refractivity contribution in [2.45, 2.75) is 31.9 Å². The van der Waals surface area contributed by atoms with Crippen LogP contribution in [0.25, 0.3) is 0 Å². The Balaban J connectivity index is 1.99. The first-order valence-electron chi connectivity index (χ1n) is 7.05. The molecule has 1 unspecified atom stereocenters. The summed E-state index contributed by atoms with van der Waals surface area (Å²) in [6.45, 7) is 5.24. The zero-order valence-electron chi connectivity index (χ0n) is 11.5. The van der Waals surface area contributed by atoms with Crippen LogP contribution in [0.3, 0.4) is 0 Å². The molecule has 0 aliphatic carbocycles. The molecule has 0 amide bonds. The van der Waals surface area contributed by atoms with Crippen LogP contribution in [0.2, 0.25) is 0 Å². The molecule has 1 fully saturated rings. The second-order valence-corrected chi connectivity index (χ2v) is 5.00. The lowest BCUT2D eigenvalue weighted by Gasteiger charge is -2.37. The van der Waals surface area contributed by atoms with Gasteiger partial charge in [-0.3, -0.25) is 4.90 Å². The number of halogens is 1. The predicted octanol–water partition coefficient (Wildman–Crippen LogP) is 2.33. The molecule has 1 aliphatic heterocycles. The first-order chi connectivity index (χ1) is 9.24. The fraction of sp³-hybridized carbons (Fsp3) is 0.600. The molecule has 1 aromatic carbocycles. The van der Waals surface area contributed by atoms with Crippen molar-refractivity contribution in [3.05, 3.63) is 35.6 Å². The molecule has 0 saturated carbocycles. The molecular formula is C15H23FN2O. The monoisotopic (exact) mass is 266 g/mol. The normalized spacial score (nSPS) is 19.5. The summed E-state index contributed by atoms with van der Waals surface area (Å²) in [7, 11) is 0. The quantitative estimate of drug-likeness (QED) is 0.889. The fourth-order valence-electron chi connectivity index (χ4n) is 2.80. The number of piperidine rings is 1. The van der Waals surface area contributed by atoms with Crippen LogP contribution in [-0.4, -0.2) is 37.2 Å². The minimum absolute atomic E-state index is 0.110. The van der Waals surface area contributed by atoms with Crippen molar-refractivity contribution in [2.75, 3.05) is 26.2 Å². The highest BCUT2D eigenvalue weighted by Crippen LogP contribution is 2.25. The summed E-state index contributed by atoms with van der Waals surface area (Å²) in [4.78, 5) is 2.34. The zero-order valence-corrected chi connectivity index (χ0v) is 11.5. The van der Waals surface area contributed by atoms with Crippen molar-refractivity contribution in [3.63, 3.8) is 0 Å². The van der Waals surface area contributed by atoms with Gasteiger partial charge in [-0.15, -0.1) is 0 Å². The van der Waals surface area contributed by atoms with Gasteiger partial charge in [0.1, 0.15) is 5.82 Å². The minimum atomic E-state index is -0.194. The molecule has 1 saturated heterocycles. The van der Waals surface area contributed by atoms with E-state index in [1.54, 1.807) is 12.1 Å². The van der Waals surface area contributed by atoms with Crippen LogP contribution in [0.1, 0.15) is 31.4 Å². The maximum absolute atomic E-state index is 13.3. The summed E-state index contributed by atoms with van der Waals surface area (Å²) < 4.78 is 19.0. The number of ether oxygens (including phenoxy) is 1. The van der Waals surface area contributed by atoms with E-state index in [1.165, 1.54) is 6.07 Å². The van der Waals surface area contributed by atoms with Gasteiger partial charge in [-0.25, -0.2) is 4.39 Å². The molecule has 4 heteroatoms. The molecule has 3 nitrogen and oxygen atoms in total. The molecule has 1 atom stereocenters. The van der Waals surface area contributed by atoms with Gasteiger partial charge in [0.15, 0.2) is 0 Å². The molecule has 2 rings (SSSR count). The minimum Gasteiger partial charge on any atom is -0.378 e. The van der Waals surface area contributed by atoms with E-state index in [0.717, 1.165) is 38.1 Å². The number of hydrogen-bond acceptors (Lipinski definition) is 3. The lowest BCUT2D eigenvalue weighted by molar-refractivity contribution is 0.00449. The lowest BCUT2D eigenvalue weighted by Crippen LogP contribution is -2.41. The van der Waals surface area contributed by atoms with Crippen LogP contribution in [-0.2, 0) is 4.74 Å². The summed E-state index contributed by atoms with van der Waals surface area (Å²) >= 11 is 0. The van der Waals surface area contributed by atoms with Gasteiger partial charge in [0.05, 0.1) is 6.10 Å². The highest BCUT2D eigenvalue weighted by atomic mass is 19.1. The van der Waals surface area contributed by atoms with Crippen molar-refractivity contribution in [3.8, 4) is 0 Å². The van der Waals surface area contributed by atoms with Crippen molar-refractivity contribution in [1.29, 1.82) is 0 Å². The van der Waals surface area contributed by atoms with Crippen molar-refractivity contribution in [1.82, 2.24) is 4.90 Å². The Labute approximate surface area is 114 Å². The van der Waals surface area contributed by atoms with Gasteiger partial charge in [0.2, 0.25) is 0 Å². The van der Waals surface area contributed by atoms with Gasteiger partial charge in [0, 0.05) is 32.3 Å². The van der Waals surface area contributed by atoms with Crippen LogP contribution in [0.5, 0.6) is 0 Å². The van der Waals surface area contributed by atoms with E-state index in [9.17, 15) is 4.39 Å². The first-order valence-corrected chi connectivity index (χ1v) is 7.05. The van der Waals surface area contributed by atoms with E-state index in [1.807, 2.05) is 13.0 Å². The smallest absolute Gasteiger partial charge is 0.123 e.